The summed E-state index contributed by atoms with van der Waals surface area (Å²) in [7, 11) is 0. The maximum absolute atomic E-state index is 12.2. The van der Waals surface area contributed by atoms with Gasteiger partial charge in [0.05, 0.1) is 11.9 Å². The van der Waals surface area contributed by atoms with Gasteiger partial charge in [-0.05, 0) is 38.0 Å². The number of hydrogen-bond donors (Lipinski definition) is 1. The Balaban J connectivity index is 1.96. The molecule has 1 aromatic carbocycles. The largest absolute Gasteiger partial charge is 0.480 e. The highest BCUT2D eigenvalue weighted by Gasteiger charge is 2.19. The number of aliphatic carboxylic acids is 1. The normalized spacial score (nSPS) is 10.7. The van der Waals surface area contributed by atoms with Gasteiger partial charge in [-0.15, -0.1) is 0 Å². The molecule has 0 atom stereocenters. The van der Waals surface area contributed by atoms with E-state index < -0.39 is 5.97 Å². The van der Waals surface area contributed by atoms with Crippen LogP contribution in [0.1, 0.15) is 25.8 Å². The maximum atomic E-state index is 12.2. The molecule has 2 rings (SSSR count). The first kappa shape index (κ1) is 16.7. The van der Waals surface area contributed by atoms with Crippen molar-refractivity contribution < 1.29 is 14.7 Å². The molecule has 0 spiro atoms. The average molecular weight is 315 g/mol. The average Bonchev–Trinajstić information content (AvgIpc) is 2.99. The van der Waals surface area contributed by atoms with Crippen molar-refractivity contribution >= 4 is 11.9 Å². The van der Waals surface area contributed by atoms with E-state index in [2.05, 4.69) is 5.10 Å². The van der Waals surface area contributed by atoms with Crippen LogP contribution in [0, 0.1) is 0 Å². The molecular weight excluding hydrogens is 294 g/mol. The van der Waals surface area contributed by atoms with Gasteiger partial charge in [-0.2, -0.15) is 5.10 Å². The van der Waals surface area contributed by atoms with Crippen molar-refractivity contribution in [2.75, 3.05) is 6.54 Å². The Morgan fingerprint density at radius 2 is 1.96 bits per heavy atom. The van der Waals surface area contributed by atoms with E-state index in [-0.39, 0.29) is 24.9 Å². The number of carbonyl (C=O) groups is 2. The van der Waals surface area contributed by atoms with Crippen LogP contribution >= 0.6 is 0 Å². The number of benzene rings is 1. The summed E-state index contributed by atoms with van der Waals surface area (Å²) in [6.45, 7) is 3.36. The molecule has 0 unspecified atom stereocenters. The number of amides is 1. The van der Waals surface area contributed by atoms with Gasteiger partial charge in [0.1, 0.15) is 6.54 Å². The second-order valence-electron chi connectivity index (χ2n) is 5.64. The third-order valence-corrected chi connectivity index (χ3v) is 3.53. The van der Waals surface area contributed by atoms with Crippen LogP contribution in [0.25, 0.3) is 5.69 Å². The molecule has 2 aromatic rings. The highest BCUT2D eigenvalue weighted by molar-refractivity contribution is 5.81. The Labute approximate surface area is 135 Å². The Kier molecular flexibility index (Phi) is 5.51. The number of aromatic nitrogens is 2. The van der Waals surface area contributed by atoms with Gasteiger partial charge in [0.2, 0.25) is 5.91 Å². The van der Waals surface area contributed by atoms with Crippen LogP contribution in [0.3, 0.4) is 0 Å². The van der Waals surface area contributed by atoms with Crippen LogP contribution in [-0.2, 0) is 16.0 Å². The lowest BCUT2D eigenvalue weighted by atomic mass is 10.1. The molecule has 6 nitrogen and oxygen atoms in total. The summed E-state index contributed by atoms with van der Waals surface area (Å²) < 4.78 is 1.76. The van der Waals surface area contributed by atoms with Crippen molar-refractivity contribution in [3.63, 3.8) is 0 Å². The summed E-state index contributed by atoms with van der Waals surface area (Å²) in [6, 6.07) is 9.59. The lowest BCUT2D eigenvalue weighted by Crippen LogP contribution is -2.40. The highest BCUT2D eigenvalue weighted by Crippen LogP contribution is 2.10. The molecule has 6 heteroatoms. The molecular formula is C17H21N3O3. The number of nitrogens with zero attached hydrogens (tertiary/aromatic N) is 3. The Hall–Kier alpha value is -2.63. The number of aryl methyl sites for hydroxylation is 1. The Morgan fingerprint density at radius 1 is 1.26 bits per heavy atom. The molecule has 0 bridgehead atoms. The number of para-hydroxylation sites is 1. The molecule has 0 radical (unpaired) electrons. The standard InChI is InChI=1S/C17H21N3O3/c1-13(2)19(12-17(22)23)16(21)9-8-14-10-18-20(11-14)15-6-4-3-5-7-15/h3-7,10-11,13H,8-9,12H2,1-2H3,(H,22,23). The lowest BCUT2D eigenvalue weighted by molar-refractivity contribution is -0.145. The highest BCUT2D eigenvalue weighted by atomic mass is 16.4. The van der Waals surface area contributed by atoms with Gasteiger partial charge in [0, 0.05) is 18.7 Å². The third kappa shape index (κ3) is 4.67. The zero-order valence-corrected chi connectivity index (χ0v) is 13.3. The summed E-state index contributed by atoms with van der Waals surface area (Å²) in [4.78, 5) is 24.4. The fourth-order valence-electron chi connectivity index (χ4n) is 2.31. The predicted octanol–water partition coefficient (Wildman–Crippen LogP) is 2.13. The fourth-order valence-corrected chi connectivity index (χ4v) is 2.31. The number of carboxylic acid groups (broad SMARTS) is 1. The second kappa shape index (κ2) is 7.58. The van der Waals surface area contributed by atoms with Crippen molar-refractivity contribution in [1.29, 1.82) is 0 Å². The van der Waals surface area contributed by atoms with Crippen LogP contribution in [-0.4, -0.2) is 44.3 Å². The van der Waals surface area contributed by atoms with Crippen LogP contribution in [0.4, 0.5) is 0 Å². The predicted molar refractivity (Wildman–Crippen MR) is 86.4 cm³/mol. The number of carbonyl (C=O) groups excluding carboxylic acids is 1. The minimum Gasteiger partial charge on any atom is -0.480 e. The molecule has 0 fully saturated rings. The van der Waals surface area contributed by atoms with Crippen molar-refractivity contribution in [2.24, 2.45) is 0 Å². The van der Waals surface area contributed by atoms with E-state index in [0.29, 0.717) is 6.42 Å². The van der Waals surface area contributed by atoms with E-state index in [0.717, 1.165) is 11.3 Å². The molecule has 1 aromatic heterocycles. The number of hydrogen-bond acceptors (Lipinski definition) is 3. The summed E-state index contributed by atoms with van der Waals surface area (Å²) in [5.74, 6) is -1.15. The summed E-state index contributed by atoms with van der Waals surface area (Å²) in [5, 5.41) is 13.2. The lowest BCUT2D eigenvalue weighted by Gasteiger charge is -2.24. The molecule has 1 amide bonds. The Morgan fingerprint density at radius 3 is 2.57 bits per heavy atom. The van der Waals surface area contributed by atoms with E-state index in [9.17, 15) is 9.59 Å². The smallest absolute Gasteiger partial charge is 0.323 e. The van der Waals surface area contributed by atoms with Gasteiger partial charge in [-0.1, -0.05) is 18.2 Å². The van der Waals surface area contributed by atoms with Crippen LogP contribution < -0.4 is 0 Å². The Bertz CT molecular complexity index is 665. The van der Waals surface area contributed by atoms with Crippen LogP contribution in [0.5, 0.6) is 0 Å². The number of rotatable bonds is 7. The zero-order valence-electron chi connectivity index (χ0n) is 13.3. The van der Waals surface area contributed by atoms with Gasteiger partial charge in [-0.3, -0.25) is 9.59 Å². The molecule has 0 saturated carbocycles. The van der Waals surface area contributed by atoms with E-state index in [1.54, 1.807) is 10.9 Å². The first-order chi connectivity index (χ1) is 11.0. The van der Waals surface area contributed by atoms with Gasteiger partial charge in [0.25, 0.3) is 0 Å². The number of carboxylic acids is 1. The first-order valence-electron chi connectivity index (χ1n) is 7.57. The molecule has 0 aliphatic heterocycles. The molecule has 0 aliphatic rings. The molecule has 0 aliphatic carbocycles. The molecule has 1 N–H and O–H groups in total. The van der Waals surface area contributed by atoms with E-state index in [4.69, 9.17) is 5.11 Å². The maximum Gasteiger partial charge on any atom is 0.323 e. The van der Waals surface area contributed by atoms with Crippen molar-refractivity contribution in [3.05, 3.63) is 48.3 Å². The van der Waals surface area contributed by atoms with E-state index >= 15 is 0 Å². The summed E-state index contributed by atoms with van der Waals surface area (Å²) in [5.41, 5.74) is 1.90. The molecule has 23 heavy (non-hydrogen) atoms. The van der Waals surface area contributed by atoms with Crippen molar-refractivity contribution in [1.82, 2.24) is 14.7 Å². The molecule has 1 heterocycles. The van der Waals surface area contributed by atoms with Gasteiger partial charge in [-0.25, -0.2) is 4.68 Å². The zero-order chi connectivity index (χ0) is 16.8. The van der Waals surface area contributed by atoms with Crippen LogP contribution in [0.2, 0.25) is 0 Å². The SMILES string of the molecule is CC(C)N(CC(=O)O)C(=O)CCc1cnn(-c2ccccc2)c1. The quantitative estimate of drug-likeness (QED) is 0.849. The summed E-state index contributed by atoms with van der Waals surface area (Å²) in [6.07, 6.45) is 4.43. The first-order valence-corrected chi connectivity index (χ1v) is 7.57. The van der Waals surface area contributed by atoms with Gasteiger partial charge >= 0.3 is 5.97 Å². The van der Waals surface area contributed by atoms with Gasteiger partial charge in [0.15, 0.2) is 0 Å². The monoisotopic (exact) mass is 315 g/mol. The minimum absolute atomic E-state index is 0.134. The molecule has 0 saturated heterocycles. The summed E-state index contributed by atoms with van der Waals surface area (Å²) >= 11 is 0. The van der Waals surface area contributed by atoms with E-state index in [1.165, 1.54) is 4.90 Å². The van der Waals surface area contributed by atoms with Crippen molar-refractivity contribution in [3.8, 4) is 5.69 Å². The van der Waals surface area contributed by atoms with Crippen molar-refractivity contribution in [2.45, 2.75) is 32.7 Å². The topological polar surface area (TPSA) is 75.4 Å². The second-order valence-corrected chi connectivity index (χ2v) is 5.64. The van der Waals surface area contributed by atoms with E-state index in [1.807, 2.05) is 50.4 Å². The molecule has 122 valence electrons. The fraction of sp³-hybridized carbons (Fsp3) is 0.353. The minimum atomic E-state index is -0.996. The van der Waals surface area contributed by atoms with Gasteiger partial charge < -0.3 is 10.0 Å². The third-order valence-electron chi connectivity index (χ3n) is 3.53. The van der Waals surface area contributed by atoms with Crippen LogP contribution in [0.15, 0.2) is 42.7 Å².